The Morgan fingerprint density at radius 1 is 0.786 bits per heavy atom. The second-order valence-electron chi connectivity index (χ2n) is 9.55. The van der Waals surface area contributed by atoms with Crippen molar-refractivity contribution in [2.24, 2.45) is 47.3 Å². The summed E-state index contributed by atoms with van der Waals surface area (Å²) in [6, 6.07) is 0. The van der Waals surface area contributed by atoms with Gasteiger partial charge in [0.1, 0.15) is 0 Å². The third-order valence-corrected chi connectivity index (χ3v) is 8.09. The molecule has 3 fully saturated rings. The monoisotopic (exact) mass is 388 g/mol. The maximum atomic E-state index is 12.5. The number of esters is 2. The zero-order valence-corrected chi connectivity index (χ0v) is 17.5. The predicted octanol–water partition coefficient (Wildman–Crippen LogP) is 4.77. The highest BCUT2D eigenvalue weighted by Crippen LogP contribution is 2.69. The Balaban J connectivity index is 1.43. The molecule has 4 aliphatic carbocycles. The molecule has 4 heteroatoms. The normalized spacial score (nSPS) is 39.4. The molecule has 0 N–H and O–H groups in total. The van der Waals surface area contributed by atoms with Crippen molar-refractivity contribution in [2.75, 3.05) is 13.2 Å². The third kappa shape index (κ3) is 3.64. The molecule has 3 saturated carbocycles. The molecule has 0 radical (unpaired) electrons. The van der Waals surface area contributed by atoms with Crippen LogP contribution in [-0.4, -0.2) is 25.2 Å². The first kappa shape index (κ1) is 20.0. The van der Waals surface area contributed by atoms with Gasteiger partial charge in [-0.15, -0.1) is 0 Å². The molecule has 4 bridgehead atoms. The molecule has 0 spiro atoms. The van der Waals surface area contributed by atoms with Gasteiger partial charge in [-0.2, -0.15) is 0 Å². The van der Waals surface area contributed by atoms with Gasteiger partial charge in [-0.05, 0) is 73.0 Å². The van der Waals surface area contributed by atoms with Crippen LogP contribution in [0.4, 0.5) is 0 Å². The molecule has 0 aromatic heterocycles. The van der Waals surface area contributed by atoms with Gasteiger partial charge in [0.05, 0.1) is 13.2 Å². The number of unbranched alkanes of at least 4 members (excludes halogenated alkanes) is 2. The number of hydrogen-bond donors (Lipinski definition) is 0. The Morgan fingerprint density at radius 3 is 1.68 bits per heavy atom. The van der Waals surface area contributed by atoms with Gasteiger partial charge in [-0.3, -0.25) is 9.59 Å². The maximum Gasteiger partial charge on any atom is 0.306 e. The molecule has 4 aliphatic rings. The molecule has 4 rings (SSSR count). The highest BCUT2D eigenvalue weighted by atomic mass is 16.5. The minimum Gasteiger partial charge on any atom is -0.466 e. The Kier molecular flexibility index (Phi) is 6.13. The van der Waals surface area contributed by atoms with Crippen LogP contribution in [0.1, 0.15) is 65.2 Å². The van der Waals surface area contributed by atoms with Gasteiger partial charge in [-0.1, -0.05) is 38.8 Å². The van der Waals surface area contributed by atoms with Crippen LogP contribution in [0.5, 0.6) is 0 Å². The summed E-state index contributed by atoms with van der Waals surface area (Å²) in [5, 5.41) is 0. The molecule has 8 unspecified atom stereocenters. The summed E-state index contributed by atoms with van der Waals surface area (Å²) in [7, 11) is 0. The molecule has 0 heterocycles. The summed E-state index contributed by atoms with van der Waals surface area (Å²) in [4.78, 5) is 25.0. The van der Waals surface area contributed by atoms with Crippen LogP contribution in [0.3, 0.4) is 0 Å². The minimum atomic E-state index is -0.0643. The molecule has 0 aromatic carbocycles. The highest BCUT2D eigenvalue weighted by Gasteiger charge is 2.64. The first-order chi connectivity index (χ1) is 13.6. The van der Waals surface area contributed by atoms with E-state index in [1.165, 1.54) is 12.8 Å². The van der Waals surface area contributed by atoms with Crippen LogP contribution in [0.15, 0.2) is 12.2 Å². The quantitative estimate of drug-likeness (QED) is 0.234. The van der Waals surface area contributed by atoms with Crippen molar-refractivity contribution in [3.05, 3.63) is 12.2 Å². The van der Waals surface area contributed by atoms with Gasteiger partial charge in [0.25, 0.3) is 0 Å². The Morgan fingerprint density at radius 2 is 1.25 bits per heavy atom. The summed E-state index contributed by atoms with van der Waals surface area (Å²) in [5.41, 5.74) is 0. The van der Waals surface area contributed by atoms with E-state index in [2.05, 4.69) is 26.0 Å². The Labute approximate surface area is 169 Å². The largest absolute Gasteiger partial charge is 0.466 e. The van der Waals surface area contributed by atoms with E-state index in [0.717, 1.165) is 37.5 Å². The Hall–Kier alpha value is -1.32. The number of ether oxygens (including phenoxy) is 2. The molecule has 0 aliphatic heterocycles. The van der Waals surface area contributed by atoms with Gasteiger partial charge in [0.15, 0.2) is 0 Å². The fourth-order valence-electron chi connectivity index (χ4n) is 7.06. The number of fused-ring (bicyclic) bond motifs is 9. The van der Waals surface area contributed by atoms with Crippen molar-refractivity contribution in [3.8, 4) is 0 Å². The van der Waals surface area contributed by atoms with Gasteiger partial charge >= 0.3 is 11.9 Å². The number of carbonyl (C=O) groups is 2. The fraction of sp³-hybridized carbons (Fsp3) is 0.833. The lowest BCUT2D eigenvalue weighted by molar-refractivity contribution is -0.150. The lowest BCUT2D eigenvalue weighted by Crippen LogP contribution is -2.39. The van der Waals surface area contributed by atoms with Crippen molar-refractivity contribution in [1.82, 2.24) is 0 Å². The van der Waals surface area contributed by atoms with Crippen molar-refractivity contribution in [1.29, 1.82) is 0 Å². The Bertz CT molecular complexity index is 562. The second-order valence-corrected chi connectivity index (χ2v) is 9.55. The molecule has 156 valence electrons. The number of carbonyl (C=O) groups excluding carboxylic acids is 2. The van der Waals surface area contributed by atoms with E-state index in [1.807, 2.05) is 0 Å². The summed E-state index contributed by atoms with van der Waals surface area (Å²) in [5.74, 6) is 4.53. The molecule has 0 aromatic rings. The molecule has 4 nitrogen and oxygen atoms in total. The molecule has 0 amide bonds. The van der Waals surface area contributed by atoms with Crippen LogP contribution in [0.2, 0.25) is 0 Å². The smallest absolute Gasteiger partial charge is 0.306 e. The van der Waals surface area contributed by atoms with E-state index >= 15 is 0 Å². The number of hydrogen-bond acceptors (Lipinski definition) is 4. The highest BCUT2D eigenvalue weighted by molar-refractivity contribution is 5.71. The van der Waals surface area contributed by atoms with Crippen molar-refractivity contribution in [3.63, 3.8) is 0 Å². The summed E-state index contributed by atoms with van der Waals surface area (Å²) in [6.07, 6.45) is 12.2. The first-order valence-electron chi connectivity index (χ1n) is 11.6. The second kappa shape index (κ2) is 8.59. The molecule has 0 saturated heterocycles. The molecular formula is C24H36O4. The van der Waals surface area contributed by atoms with E-state index in [0.29, 0.717) is 61.6 Å². The van der Waals surface area contributed by atoms with Gasteiger partial charge < -0.3 is 9.47 Å². The SMILES string of the molecule is CCCCOC(=O)CC1C(CC(=O)OCCCC)C2CC1C1C3C=CC(C3)C21. The zero-order valence-electron chi connectivity index (χ0n) is 17.5. The van der Waals surface area contributed by atoms with Crippen molar-refractivity contribution >= 4 is 11.9 Å². The molecular weight excluding hydrogens is 352 g/mol. The average Bonchev–Trinajstić information content (AvgIpc) is 3.42. The van der Waals surface area contributed by atoms with Crippen LogP contribution in [-0.2, 0) is 19.1 Å². The van der Waals surface area contributed by atoms with E-state index < -0.39 is 0 Å². The van der Waals surface area contributed by atoms with Crippen LogP contribution < -0.4 is 0 Å². The summed E-state index contributed by atoms with van der Waals surface area (Å²) < 4.78 is 11.0. The first-order valence-corrected chi connectivity index (χ1v) is 11.6. The average molecular weight is 389 g/mol. The van der Waals surface area contributed by atoms with Crippen LogP contribution in [0.25, 0.3) is 0 Å². The summed E-state index contributed by atoms with van der Waals surface area (Å²) in [6.45, 7) is 5.26. The predicted molar refractivity (Wildman–Crippen MR) is 107 cm³/mol. The van der Waals surface area contributed by atoms with E-state index in [1.54, 1.807) is 0 Å². The zero-order chi connectivity index (χ0) is 19.7. The molecule has 8 atom stereocenters. The van der Waals surface area contributed by atoms with Gasteiger partial charge in [-0.25, -0.2) is 0 Å². The fourth-order valence-corrected chi connectivity index (χ4v) is 7.06. The van der Waals surface area contributed by atoms with Crippen molar-refractivity contribution < 1.29 is 19.1 Å². The lowest BCUT2D eigenvalue weighted by atomic mass is 9.63. The van der Waals surface area contributed by atoms with Crippen LogP contribution in [0, 0.1) is 47.3 Å². The third-order valence-electron chi connectivity index (χ3n) is 8.09. The van der Waals surface area contributed by atoms with Crippen molar-refractivity contribution in [2.45, 2.75) is 65.2 Å². The minimum absolute atomic E-state index is 0.0643. The van der Waals surface area contributed by atoms with E-state index in [4.69, 9.17) is 9.47 Å². The van der Waals surface area contributed by atoms with Gasteiger partial charge in [0.2, 0.25) is 0 Å². The van der Waals surface area contributed by atoms with Crippen LogP contribution >= 0.6 is 0 Å². The number of rotatable bonds is 10. The summed E-state index contributed by atoms with van der Waals surface area (Å²) >= 11 is 0. The number of allylic oxidation sites excluding steroid dienone is 2. The lowest BCUT2D eigenvalue weighted by Gasteiger charge is -2.41. The van der Waals surface area contributed by atoms with Gasteiger partial charge in [0, 0.05) is 12.8 Å². The maximum absolute atomic E-state index is 12.5. The standard InChI is InChI=1S/C24H36O4/c1-3-5-9-27-21(25)13-17-18(14-22(26)28-10-6-4-2)20-12-19(17)23-15-7-8-16(11-15)24(20)23/h7-8,15-20,23-24H,3-6,9-14H2,1-2H3. The van der Waals surface area contributed by atoms with E-state index in [9.17, 15) is 9.59 Å². The van der Waals surface area contributed by atoms with E-state index in [-0.39, 0.29) is 11.9 Å². The topological polar surface area (TPSA) is 52.6 Å². The molecule has 28 heavy (non-hydrogen) atoms.